The van der Waals surface area contributed by atoms with Crippen molar-refractivity contribution in [1.29, 1.82) is 0 Å². The Labute approximate surface area is 141 Å². The molecule has 3 heterocycles. The Morgan fingerprint density at radius 2 is 2.08 bits per heavy atom. The first-order chi connectivity index (χ1) is 11.7. The highest BCUT2D eigenvalue weighted by molar-refractivity contribution is 5.78. The van der Waals surface area contributed by atoms with Gasteiger partial charge in [-0.1, -0.05) is 0 Å². The van der Waals surface area contributed by atoms with Gasteiger partial charge in [-0.25, -0.2) is 14.8 Å². The zero-order chi connectivity index (χ0) is 18.4. The summed E-state index contributed by atoms with van der Waals surface area (Å²) in [5, 5.41) is 13.3. The minimum Gasteiger partial charge on any atom is -0.480 e. The highest BCUT2D eigenvalue weighted by Gasteiger charge is 2.37. The molecule has 134 valence electrons. The summed E-state index contributed by atoms with van der Waals surface area (Å²) in [6.45, 7) is 2.01. The summed E-state index contributed by atoms with van der Waals surface area (Å²) in [6.07, 6.45) is -2.34. The highest BCUT2D eigenvalue weighted by atomic mass is 19.4. The third-order valence-electron chi connectivity index (χ3n) is 4.31. The van der Waals surface area contributed by atoms with Gasteiger partial charge in [0.1, 0.15) is 6.04 Å². The normalized spacial score (nSPS) is 18.0. The van der Waals surface area contributed by atoms with E-state index >= 15 is 0 Å². The molecule has 0 spiro atoms. The molecule has 7 nitrogen and oxygen atoms in total. The molecular formula is C15H16F3N5O2. The van der Waals surface area contributed by atoms with E-state index in [0.717, 1.165) is 6.07 Å². The van der Waals surface area contributed by atoms with Gasteiger partial charge in [0.15, 0.2) is 5.69 Å². The number of halogens is 3. The number of carboxylic acid groups (broad SMARTS) is 1. The van der Waals surface area contributed by atoms with E-state index in [9.17, 15) is 23.1 Å². The van der Waals surface area contributed by atoms with Crippen molar-refractivity contribution in [2.24, 2.45) is 7.05 Å². The van der Waals surface area contributed by atoms with Crippen LogP contribution in [0.4, 0.5) is 19.1 Å². The highest BCUT2D eigenvalue weighted by Crippen LogP contribution is 2.34. The third-order valence-corrected chi connectivity index (χ3v) is 4.31. The van der Waals surface area contributed by atoms with E-state index < -0.39 is 23.9 Å². The van der Waals surface area contributed by atoms with E-state index in [0.29, 0.717) is 30.6 Å². The lowest BCUT2D eigenvalue weighted by molar-refractivity contribution is -0.141. The summed E-state index contributed by atoms with van der Waals surface area (Å²) < 4.78 is 41.3. The predicted octanol–water partition coefficient (Wildman–Crippen LogP) is 2.26. The summed E-state index contributed by atoms with van der Waals surface area (Å²) in [7, 11) is 1.67. The van der Waals surface area contributed by atoms with Crippen LogP contribution in [0.1, 0.15) is 24.2 Å². The Hall–Kier alpha value is -2.65. The molecule has 0 aliphatic carbocycles. The lowest BCUT2D eigenvalue weighted by atomic mass is 10.1. The lowest BCUT2D eigenvalue weighted by Crippen LogP contribution is -2.37. The van der Waals surface area contributed by atoms with E-state index in [-0.39, 0.29) is 11.6 Å². The van der Waals surface area contributed by atoms with Crippen LogP contribution in [0.5, 0.6) is 0 Å². The topological polar surface area (TPSA) is 84.1 Å². The van der Waals surface area contributed by atoms with Crippen molar-refractivity contribution < 1.29 is 23.1 Å². The molecular weight excluding hydrogens is 339 g/mol. The van der Waals surface area contributed by atoms with Gasteiger partial charge in [0.25, 0.3) is 0 Å². The number of hydrogen-bond donors (Lipinski definition) is 1. The molecule has 1 atom stereocenters. The zero-order valence-electron chi connectivity index (χ0n) is 13.6. The minimum atomic E-state index is -4.67. The van der Waals surface area contributed by atoms with Gasteiger partial charge in [-0.2, -0.15) is 18.3 Å². The summed E-state index contributed by atoms with van der Waals surface area (Å²) in [5.74, 6) is -1.32. The van der Waals surface area contributed by atoms with E-state index in [4.69, 9.17) is 0 Å². The molecule has 1 aliphatic heterocycles. The number of carbonyl (C=O) groups is 1. The first-order valence-corrected chi connectivity index (χ1v) is 7.63. The average molecular weight is 355 g/mol. The second-order valence-electron chi connectivity index (χ2n) is 5.89. The van der Waals surface area contributed by atoms with Crippen LogP contribution < -0.4 is 4.90 Å². The van der Waals surface area contributed by atoms with Crippen LogP contribution in [0.15, 0.2) is 12.3 Å². The number of carboxylic acids is 1. The van der Waals surface area contributed by atoms with Crippen molar-refractivity contribution in [3.63, 3.8) is 0 Å². The average Bonchev–Trinajstić information content (AvgIpc) is 3.14. The third kappa shape index (κ3) is 3.15. The van der Waals surface area contributed by atoms with Crippen molar-refractivity contribution in [3.05, 3.63) is 23.7 Å². The number of aromatic nitrogens is 4. The molecule has 25 heavy (non-hydrogen) atoms. The van der Waals surface area contributed by atoms with Crippen LogP contribution in [0.25, 0.3) is 11.3 Å². The Balaban J connectivity index is 2.14. The standard InChI is InChI=1S/C15H16F3N5O2/c1-8-9(7-19-22(8)2)10-6-12(15(16,17)18)21-14(20-10)23-5-3-4-11(23)13(24)25/h6-7,11H,3-5H2,1-2H3,(H,24,25). The molecule has 3 rings (SSSR count). The molecule has 1 N–H and O–H groups in total. The van der Waals surface area contributed by atoms with Crippen molar-refractivity contribution in [2.45, 2.75) is 32.0 Å². The number of rotatable bonds is 3. The molecule has 1 unspecified atom stereocenters. The predicted molar refractivity (Wildman–Crippen MR) is 82.0 cm³/mol. The summed E-state index contributed by atoms with van der Waals surface area (Å²) >= 11 is 0. The Bertz CT molecular complexity index is 818. The quantitative estimate of drug-likeness (QED) is 0.909. The SMILES string of the molecule is Cc1c(-c2cc(C(F)(F)F)nc(N3CCCC3C(=O)O)n2)cnn1C. The maximum absolute atomic E-state index is 13.3. The van der Waals surface area contributed by atoms with Gasteiger partial charge in [0, 0.05) is 24.8 Å². The van der Waals surface area contributed by atoms with Gasteiger partial charge in [-0.05, 0) is 25.8 Å². The molecule has 0 saturated carbocycles. The monoisotopic (exact) mass is 355 g/mol. The summed E-state index contributed by atoms with van der Waals surface area (Å²) in [6, 6.07) is -0.0642. The first kappa shape index (κ1) is 17.2. The summed E-state index contributed by atoms with van der Waals surface area (Å²) in [4.78, 5) is 20.4. The first-order valence-electron chi connectivity index (χ1n) is 7.63. The fourth-order valence-corrected chi connectivity index (χ4v) is 2.86. The fourth-order valence-electron chi connectivity index (χ4n) is 2.86. The Morgan fingerprint density at radius 1 is 1.36 bits per heavy atom. The van der Waals surface area contributed by atoms with E-state index in [2.05, 4.69) is 15.1 Å². The van der Waals surface area contributed by atoms with Crippen molar-refractivity contribution >= 4 is 11.9 Å². The second kappa shape index (κ2) is 6.01. The zero-order valence-corrected chi connectivity index (χ0v) is 13.6. The summed E-state index contributed by atoms with van der Waals surface area (Å²) in [5.41, 5.74) is 0.0578. The van der Waals surface area contributed by atoms with Gasteiger partial charge in [-0.3, -0.25) is 4.68 Å². The molecule has 1 fully saturated rings. The van der Waals surface area contributed by atoms with E-state index in [1.807, 2.05) is 0 Å². The minimum absolute atomic E-state index is 0.0685. The molecule has 0 amide bonds. The maximum Gasteiger partial charge on any atom is 0.433 e. The van der Waals surface area contributed by atoms with Gasteiger partial charge >= 0.3 is 12.1 Å². The van der Waals surface area contributed by atoms with Crippen LogP contribution >= 0.6 is 0 Å². The van der Waals surface area contributed by atoms with Crippen molar-refractivity contribution in [2.75, 3.05) is 11.4 Å². The number of nitrogens with zero attached hydrogens (tertiary/aromatic N) is 5. The second-order valence-corrected chi connectivity index (χ2v) is 5.89. The van der Waals surface area contributed by atoms with Crippen LogP contribution in [0, 0.1) is 6.92 Å². The van der Waals surface area contributed by atoms with Crippen LogP contribution in [0.3, 0.4) is 0 Å². The smallest absolute Gasteiger partial charge is 0.433 e. The molecule has 0 bridgehead atoms. The number of aliphatic carboxylic acids is 1. The molecule has 0 aromatic carbocycles. The fraction of sp³-hybridized carbons (Fsp3) is 0.467. The Kier molecular flexibility index (Phi) is 4.13. The largest absolute Gasteiger partial charge is 0.480 e. The van der Waals surface area contributed by atoms with Gasteiger partial charge in [0.2, 0.25) is 5.95 Å². The molecule has 2 aromatic heterocycles. The molecule has 0 radical (unpaired) electrons. The van der Waals surface area contributed by atoms with Gasteiger partial charge in [-0.15, -0.1) is 0 Å². The van der Waals surface area contributed by atoms with E-state index in [1.165, 1.54) is 15.8 Å². The number of hydrogen-bond acceptors (Lipinski definition) is 5. The molecule has 10 heteroatoms. The number of alkyl halides is 3. The lowest BCUT2D eigenvalue weighted by Gasteiger charge is -2.22. The number of anilines is 1. The van der Waals surface area contributed by atoms with Crippen LogP contribution in [-0.2, 0) is 18.0 Å². The van der Waals surface area contributed by atoms with Gasteiger partial charge < -0.3 is 10.0 Å². The molecule has 2 aromatic rings. The van der Waals surface area contributed by atoms with Crippen molar-refractivity contribution in [3.8, 4) is 11.3 Å². The van der Waals surface area contributed by atoms with Crippen LogP contribution in [0.2, 0.25) is 0 Å². The Morgan fingerprint density at radius 3 is 2.64 bits per heavy atom. The van der Waals surface area contributed by atoms with E-state index in [1.54, 1.807) is 14.0 Å². The van der Waals surface area contributed by atoms with Crippen LogP contribution in [-0.4, -0.2) is 43.4 Å². The molecule has 1 saturated heterocycles. The molecule has 1 aliphatic rings. The number of aryl methyl sites for hydroxylation is 1. The van der Waals surface area contributed by atoms with Gasteiger partial charge in [0.05, 0.1) is 11.9 Å². The van der Waals surface area contributed by atoms with Crippen molar-refractivity contribution in [1.82, 2.24) is 19.7 Å². The maximum atomic E-state index is 13.3.